The molecular weight excluding hydrogens is 380 g/mol. The first kappa shape index (κ1) is 16.5. The Labute approximate surface area is 148 Å². The van der Waals surface area contributed by atoms with Gasteiger partial charge < -0.3 is 10.6 Å². The molecule has 1 unspecified atom stereocenters. The number of hydrogen-bond acceptors (Lipinski definition) is 3. The van der Waals surface area contributed by atoms with Crippen LogP contribution < -0.4 is 10.6 Å². The predicted molar refractivity (Wildman–Crippen MR) is 95.6 cm³/mol. The van der Waals surface area contributed by atoms with Crippen LogP contribution in [0.5, 0.6) is 0 Å². The molecule has 0 aliphatic carbocycles. The minimum Gasteiger partial charge on any atom is -0.316 e. The van der Waals surface area contributed by atoms with Crippen molar-refractivity contribution in [3.05, 3.63) is 33.8 Å². The Bertz CT molecular complexity index is 697. The Morgan fingerprint density at radius 3 is 3.09 bits per heavy atom. The lowest BCUT2D eigenvalue weighted by Crippen LogP contribution is -2.15. The fraction of sp³-hybridized carbons (Fsp3) is 0.375. The molecule has 1 saturated heterocycles. The molecule has 0 radical (unpaired) electrons. The molecule has 0 bridgehead atoms. The second-order valence-electron chi connectivity index (χ2n) is 5.74. The average Bonchev–Trinajstić information content (AvgIpc) is 3.19. The smallest absolute Gasteiger partial charge is 0.225 e. The number of nitrogens with zero attached hydrogens (tertiary/aromatic N) is 1. The number of nitrogens with one attached hydrogen (secondary N) is 3. The average molecular weight is 398 g/mol. The van der Waals surface area contributed by atoms with Crippen LogP contribution in [0.15, 0.2) is 28.7 Å². The molecule has 5 nitrogen and oxygen atoms in total. The highest BCUT2D eigenvalue weighted by molar-refractivity contribution is 9.10. The van der Waals surface area contributed by atoms with E-state index in [4.69, 9.17) is 11.6 Å². The van der Waals surface area contributed by atoms with Gasteiger partial charge in [0, 0.05) is 22.5 Å². The van der Waals surface area contributed by atoms with Gasteiger partial charge >= 0.3 is 0 Å². The zero-order valence-electron chi connectivity index (χ0n) is 12.5. The molecule has 7 heteroatoms. The van der Waals surface area contributed by atoms with Gasteiger partial charge in [0.15, 0.2) is 5.82 Å². The van der Waals surface area contributed by atoms with E-state index in [-0.39, 0.29) is 5.91 Å². The van der Waals surface area contributed by atoms with Gasteiger partial charge in [0.25, 0.3) is 0 Å². The van der Waals surface area contributed by atoms with Crippen molar-refractivity contribution in [2.45, 2.75) is 19.3 Å². The summed E-state index contributed by atoms with van der Waals surface area (Å²) >= 11 is 9.63. The number of aromatic nitrogens is 2. The van der Waals surface area contributed by atoms with Gasteiger partial charge in [-0.15, -0.1) is 0 Å². The number of rotatable bonds is 5. The molecule has 1 atom stereocenters. The Morgan fingerprint density at radius 1 is 1.43 bits per heavy atom. The molecule has 122 valence electrons. The molecule has 1 aromatic carbocycles. The van der Waals surface area contributed by atoms with Gasteiger partial charge in [0.05, 0.1) is 10.7 Å². The molecular formula is C16H18BrClN4O. The molecule has 1 amide bonds. The minimum atomic E-state index is -0.00436. The summed E-state index contributed by atoms with van der Waals surface area (Å²) in [4.78, 5) is 12.0. The molecule has 2 aromatic rings. The number of carbonyl (C=O) groups excluding carboxylic acids is 1. The van der Waals surface area contributed by atoms with Crippen LogP contribution in [0.1, 0.15) is 19.3 Å². The van der Waals surface area contributed by atoms with Crippen LogP contribution in [-0.2, 0) is 4.79 Å². The van der Waals surface area contributed by atoms with E-state index in [1.807, 2.05) is 18.2 Å². The summed E-state index contributed by atoms with van der Waals surface area (Å²) in [6.07, 6.45) is 2.58. The minimum absolute atomic E-state index is 0.00436. The third-order valence-electron chi connectivity index (χ3n) is 4.01. The first-order valence-corrected chi connectivity index (χ1v) is 8.80. The van der Waals surface area contributed by atoms with Crippen LogP contribution in [-0.4, -0.2) is 29.2 Å². The summed E-state index contributed by atoms with van der Waals surface area (Å²) in [6.45, 7) is 2.07. The van der Waals surface area contributed by atoms with Gasteiger partial charge in [0.2, 0.25) is 5.91 Å². The lowest BCUT2D eigenvalue weighted by molar-refractivity contribution is -0.116. The summed E-state index contributed by atoms with van der Waals surface area (Å²) < 4.78 is 0.933. The zero-order valence-corrected chi connectivity index (χ0v) is 14.9. The standard InChI is InChI=1S/C16H18BrClN4O/c17-11-2-3-13(18)12(7-11)14-8-15(22-21-14)20-16(23)4-1-10-5-6-19-9-10/h2-3,7-8,10,19H,1,4-6,9H2,(H2,20,21,22,23). The number of aromatic amines is 1. The number of benzene rings is 1. The second-order valence-corrected chi connectivity index (χ2v) is 7.06. The third-order valence-corrected chi connectivity index (χ3v) is 4.83. The number of anilines is 1. The van der Waals surface area contributed by atoms with Crippen molar-refractivity contribution in [3.63, 3.8) is 0 Å². The molecule has 0 spiro atoms. The van der Waals surface area contributed by atoms with Crippen LogP contribution in [0.3, 0.4) is 0 Å². The Hall–Kier alpha value is -1.37. The van der Waals surface area contributed by atoms with Gasteiger partial charge in [-0.25, -0.2) is 0 Å². The molecule has 0 saturated carbocycles. The molecule has 1 aliphatic heterocycles. The zero-order chi connectivity index (χ0) is 16.2. The Kier molecular flexibility index (Phi) is 5.35. The van der Waals surface area contributed by atoms with E-state index in [0.717, 1.165) is 41.7 Å². The van der Waals surface area contributed by atoms with E-state index < -0.39 is 0 Å². The Morgan fingerprint density at radius 2 is 2.30 bits per heavy atom. The van der Waals surface area contributed by atoms with E-state index >= 15 is 0 Å². The summed E-state index contributed by atoms with van der Waals surface area (Å²) in [5.41, 5.74) is 1.61. The van der Waals surface area contributed by atoms with Crippen LogP contribution in [0.2, 0.25) is 5.02 Å². The van der Waals surface area contributed by atoms with Crippen molar-refractivity contribution in [1.29, 1.82) is 0 Å². The highest BCUT2D eigenvalue weighted by atomic mass is 79.9. The molecule has 3 rings (SSSR count). The third kappa shape index (κ3) is 4.34. The number of amides is 1. The maximum Gasteiger partial charge on any atom is 0.225 e. The van der Waals surface area contributed by atoms with E-state index in [9.17, 15) is 4.79 Å². The first-order valence-electron chi connectivity index (χ1n) is 7.63. The monoisotopic (exact) mass is 396 g/mol. The molecule has 1 aliphatic rings. The highest BCUT2D eigenvalue weighted by Crippen LogP contribution is 2.30. The molecule has 1 fully saturated rings. The van der Waals surface area contributed by atoms with Crippen LogP contribution in [0.4, 0.5) is 5.82 Å². The van der Waals surface area contributed by atoms with Gasteiger partial charge in [-0.05, 0) is 50.0 Å². The van der Waals surface area contributed by atoms with Crippen molar-refractivity contribution >= 4 is 39.3 Å². The normalized spacial score (nSPS) is 17.4. The summed E-state index contributed by atoms with van der Waals surface area (Å²) in [6, 6.07) is 7.40. The molecule has 2 heterocycles. The SMILES string of the molecule is O=C(CCC1CCNC1)Nc1cc(-c2cc(Br)ccc2Cl)[nH]n1. The number of halogens is 2. The largest absolute Gasteiger partial charge is 0.316 e. The fourth-order valence-corrected chi connectivity index (χ4v) is 3.31. The molecule has 3 N–H and O–H groups in total. The lowest BCUT2D eigenvalue weighted by atomic mass is 10.0. The van der Waals surface area contributed by atoms with E-state index in [2.05, 4.69) is 36.8 Å². The van der Waals surface area contributed by atoms with Crippen LogP contribution in [0, 0.1) is 5.92 Å². The van der Waals surface area contributed by atoms with Gasteiger partial charge in [-0.2, -0.15) is 5.10 Å². The fourth-order valence-electron chi connectivity index (χ4n) is 2.73. The van der Waals surface area contributed by atoms with Gasteiger partial charge in [0.1, 0.15) is 0 Å². The van der Waals surface area contributed by atoms with Gasteiger partial charge in [-0.1, -0.05) is 27.5 Å². The van der Waals surface area contributed by atoms with Gasteiger partial charge in [-0.3, -0.25) is 9.89 Å². The highest BCUT2D eigenvalue weighted by Gasteiger charge is 2.16. The summed E-state index contributed by atoms with van der Waals surface area (Å²) in [7, 11) is 0. The predicted octanol–water partition coefficient (Wildman–Crippen LogP) is 3.82. The topological polar surface area (TPSA) is 69.8 Å². The van der Waals surface area contributed by atoms with Crippen molar-refractivity contribution in [1.82, 2.24) is 15.5 Å². The number of hydrogen-bond donors (Lipinski definition) is 3. The second kappa shape index (κ2) is 7.47. The van der Waals surface area contributed by atoms with Crippen LogP contribution in [0.25, 0.3) is 11.3 Å². The van der Waals surface area contributed by atoms with Crippen molar-refractivity contribution in [3.8, 4) is 11.3 Å². The van der Waals surface area contributed by atoms with E-state index in [0.29, 0.717) is 23.2 Å². The van der Waals surface area contributed by atoms with E-state index in [1.165, 1.54) is 0 Å². The molecule has 23 heavy (non-hydrogen) atoms. The maximum atomic E-state index is 12.0. The van der Waals surface area contributed by atoms with Crippen molar-refractivity contribution in [2.75, 3.05) is 18.4 Å². The quantitative estimate of drug-likeness (QED) is 0.718. The van der Waals surface area contributed by atoms with Crippen molar-refractivity contribution < 1.29 is 4.79 Å². The van der Waals surface area contributed by atoms with Crippen LogP contribution >= 0.6 is 27.5 Å². The first-order chi connectivity index (χ1) is 11.1. The summed E-state index contributed by atoms with van der Waals surface area (Å²) in [5, 5.41) is 13.8. The molecule has 1 aromatic heterocycles. The summed E-state index contributed by atoms with van der Waals surface area (Å²) in [5.74, 6) is 1.12. The number of H-pyrrole nitrogens is 1. The number of carbonyl (C=O) groups is 1. The van der Waals surface area contributed by atoms with E-state index in [1.54, 1.807) is 6.07 Å². The Balaban J connectivity index is 1.60. The van der Waals surface area contributed by atoms with Crippen molar-refractivity contribution in [2.24, 2.45) is 5.92 Å². The maximum absolute atomic E-state index is 12.0. The lowest BCUT2D eigenvalue weighted by Gasteiger charge is -2.07.